The molecule has 0 bridgehead atoms. The maximum absolute atomic E-state index is 5.38. The smallest absolute Gasteiger partial charge is 0.126 e. The molecule has 1 N–H and O–H groups in total. The zero-order chi connectivity index (χ0) is 11.6. The first-order valence-electron chi connectivity index (χ1n) is 5.58. The fourth-order valence-electron chi connectivity index (χ4n) is 1.87. The molecular formula is C12H17BrN2O. The number of nitrogens with zero attached hydrogens (tertiary/aromatic N) is 1. The summed E-state index contributed by atoms with van der Waals surface area (Å²) in [6, 6.07) is 4.05. The zero-order valence-electron chi connectivity index (χ0n) is 9.72. The predicted octanol–water partition coefficient (Wildman–Crippen LogP) is 3.13. The minimum absolute atomic E-state index is 0.117. The Balaban J connectivity index is 2.10. The second kappa shape index (κ2) is 4.72. The minimum atomic E-state index is 0.117. The van der Waals surface area contributed by atoms with E-state index in [4.69, 9.17) is 4.74 Å². The summed E-state index contributed by atoms with van der Waals surface area (Å²) in [4.78, 5) is 4.51. The van der Waals surface area contributed by atoms with Crippen molar-refractivity contribution in [2.45, 2.75) is 32.2 Å². The monoisotopic (exact) mass is 284 g/mol. The van der Waals surface area contributed by atoms with Crippen LogP contribution in [-0.4, -0.2) is 23.7 Å². The number of nitrogens with one attached hydrogen (secondary N) is 1. The van der Waals surface area contributed by atoms with Gasteiger partial charge in [0.1, 0.15) is 5.82 Å². The van der Waals surface area contributed by atoms with E-state index in [-0.39, 0.29) is 5.54 Å². The van der Waals surface area contributed by atoms with E-state index in [0.29, 0.717) is 0 Å². The summed E-state index contributed by atoms with van der Waals surface area (Å²) in [5.41, 5.74) is 1.13. The molecule has 2 rings (SSSR count). The van der Waals surface area contributed by atoms with Crippen LogP contribution in [0.1, 0.15) is 25.5 Å². The van der Waals surface area contributed by atoms with Crippen molar-refractivity contribution >= 4 is 21.7 Å². The Morgan fingerprint density at radius 3 is 2.69 bits per heavy atom. The van der Waals surface area contributed by atoms with Gasteiger partial charge in [-0.05, 0) is 54.8 Å². The molecule has 1 saturated heterocycles. The molecule has 1 aliphatic heterocycles. The molecule has 3 nitrogen and oxygen atoms in total. The highest BCUT2D eigenvalue weighted by atomic mass is 79.9. The molecule has 4 heteroatoms. The van der Waals surface area contributed by atoms with E-state index in [1.165, 1.54) is 0 Å². The number of hydrogen-bond donors (Lipinski definition) is 1. The van der Waals surface area contributed by atoms with E-state index in [1.807, 2.05) is 19.1 Å². The zero-order valence-corrected chi connectivity index (χ0v) is 11.3. The maximum atomic E-state index is 5.38. The minimum Gasteiger partial charge on any atom is -0.381 e. The Labute approximate surface area is 105 Å². The molecule has 0 atom stereocenters. The van der Waals surface area contributed by atoms with E-state index in [2.05, 4.69) is 33.2 Å². The van der Waals surface area contributed by atoms with E-state index < -0.39 is 0 Å². The van der Waals surface area contributed by atoms with E-state index in [9.17, 15) is 0 Å². The normalized spacial score (nSPS) is 19.4. The number of ether oxygens (including phenoxy) is 1. The molecule has 0 amide bonds. The van der Waals surface area contributed by atoms with Crippen LogP contribution in [0.4, 0.5) is 5.82 Å². The summed E-state index contributed by atoms with van der Waals surface area (Å²) in [6.45, 7) is 5.90. The number of hydrogen-bond acceptors (Lipinski definition) is 3. The van der Waals surface area contributed by atoms with Crippen LogP contribution in [0.15, 0.2) is 16.6 Å². The van der Waals surface area contributed by atoms with Gasteiger partial charge in [-0.3, -0.25) is 0 Å². The third kappa shape index (κ3) is 2.74. The number of aromatic nitrogens is 1. The average molecular weight is 285 g/mol. The summed E-state index contributed by atoms with van der Waals surface area (Å²) in [7, 11) is 0. The Morgan fingerprint density at radius 1 is 1.38 bits per heavy atom. The van der Waals surface area contributed by atoms with Crippen LogP contribution in [0.5, 0.6) is 0 Å². The van der Waals surface area contributed by atoms with Crippen molar-refractivity contribution < 1.29 is 4.74 Å². The van der Waals surface area contributed by atoms with Crippen LogP contribution in [0.25, 0.3) is 0 Å². The number of rotatable bonds is 2. The molecule has 0 aromatic carbocycles. The topological polar surface area (TPSA) is 34.2 Å². The average Bonchev–Trinajstić information content (AvgIpc) is 2.24. The highest BCUT2D eigenvalue weighted by Crippen LogP contribution is 2.25. The fraction of sp³-hybridized carbons (Fsp3) is 0.583. The lowest BCUT2D eigenvalue weighted by Gasteiger charge is -2.35. The van der Waals surface area contributed by atoms with Gasteiger partial charge in [0.2, 0.25) is 0 Å². The second-order valence-electron chi connectivity index (χ2n) is 4.56. The van der Waals surface area contributed by atoms with Crippen LogP contribution in [0.3, 0.4) is 0 Å². The van der Waals surface area contributed by atoms with Gasteiger partial charge in [0, 0.05) is 23.2 Å². The lowest BCUT2D eigenvalue weighted by molar-refractivity contribution is 0.0657. The van der Waals surface area contributed by atoms with Crippen LogP contribution < -0.4 is 5.32 Å². The molecule has 0 aliphatic carbocycles. The lowest BCUT2D eigenvalue weighted by atomic mass is 9.92. The lowest BCUT2D eigenvalue weighted by Crippen LogP contribution is -2.40. The maximum Gasteiger partial charge on any atom is 0.126 e. The summed E-state index contributed by atoms with van der Waals surface area (Å²) in [6.07, 6.45) is 2.06. The van der Waals surface area contributed by atoms with Gasteiger partial charge in [0.15, 0.2) is 0 Å². The van der Waals surface area contributed by atoms with E-state index in [1.54, 1.807) is 0 Å². The molecule has 0 unspecified atom stereocenters. The van der Waals surface area contributed by atoms with Crippen LogP contribution in [0.2, 0.25) is 0 Å². The largest absolute Gasteiger partial charge is 0.381 e. The standard InChI is InChI=1S/C12H17BrN2O/c1-9-10(13)3-4-11(14-9)15-12(2)5-7-16-8-6-12/h3-4H,5-8H2,1-2H3,(H,14,15). The Morgan fingerprint density at radius 2 is 2.06 bits per heavy atom. The van der Waals surface area contributed by atoms with Gasteiger partial charge >= 0.3 is 0 Å². The molecule has 1 aliphatic rings. The summed E-state index contributed by atoms with van der Waals surface area (Å²) in [5.74, 6) is 0.949. The van der Waals surface area contributed by atoms with Crippen molar-refractivity contribution in [2.24, 2.45) is 0 Å². The highest BCUT2D eigenvalue weighted by molar-refractivity contribution is 9.10. The number of halogens is 1. The van der Waals surface area contributed by atoms with E-state index >= 15 is 0 Å². The third-order valence-electron chi connectivity index (χ3n) is 3.05. The molecule has 0 radical (unpaired) electrons. The number of pyridine rings is 1. The molecule has 1 aromatic rings. The Bertz CT molecular complexity index is 375. The molecule has 16 heavy (non-hydrogen) atoms. The highest BCUT2D eigenvalue weighted by Gasteiger charge is 2.27. The summed E-state index contributed by atoms with van der Waals surface area (Å²) < 4.78 is 6.43. The van der Waals surface area contributed by atoms with Crippen molar-refractivity contribution in [3.05, 3.63) is 22.3 Å². The second-order valence-corrected chi connectivity index (χ2v) is 5.42. The van der Waals surface area contributed by atoms with Gasteiger partial charge in [0.05, 0.1) is 5.69 Å². The van der Waals surface area contributed by atoms with Crippen molar-refractivity contribution in [3.63, 3.8) is 0 Å². The molecule has 1 aromatic heterocycles. The van der Waals surface area contributed by atoms with Crippen molar-refractivity contribution in [2.75, 3.05) is 18.5 Å². The van der Waals surface area contributed by atoms with E-state index in [0.717, 1.165) is 42.0 Å². The fourth-order valence-corrected chi connectivity index (χ4v) is 2.09. The molecule has 88 valence electrons. The Hall–Kier alpha value is -0.610. The van der Waals surface area contributed by atoms with Crippen molar-refractivity contribution in [1.82, 2.24) is 4.98 Å². The quantitative estimate of drug-likeness (QED) is 0.906. The summed E-state index contributed by atoms with van der Waals surface area (Å²) in [5, 5.41) is 3.51. The molecule has 0 spiro atoms. The van der Waals surface area contributed by atoms with Gasteiger partial charge in [-0.1, -0.05) is 0 Å². The van der Waals surface area contributed by atoms with Crippen molar-refractivity contribution in [1.29, 1.82) is 0 Å². The van der Waals surface area contributed by atoms with Gasteiger partial charge in [-0.15, -0.1) is 0 Å². The van der Waals surface area contributed by atoms with Gasteiger partial charge < -0.3 is 10.1 Å². The van der Waals surface area contributed by atoms with Gasteiger partial charge in [0.25, 0.3) is 0 Å². The van der Waals surface area contributed by atoms with Crippen LogP contribution in [-0.2, 0) is 4.74 Å². The molecule has 0 saturated carbocycles. The molecular weight excluding hydrogens is 268 g/mol. The van der Waals surface area contributed by atoms with Crippen LogP contribution in [0, 0.1) is 6.92 Å². The first-order chi connectivity index (χ1) is 7.59. The first-order valence-corrected chi connectivity index (χ1v) is 6.37. The molecule has 2 heterocycles. The molecule has 1 fully saturated rings. The predicted molar refractivity (Wildman–Crippen MR) is 68.8 cm³/mol. The third-order valence-corrected chi connectivity index (χ3v) is 3.89. The van der Waals surface area contributed by atoms with Gasteiger partial charge in [-0.2, -0.15) is 0 Å². The van der Waals surface area contributed by atoms with Crippen LogP contribution >= 0.6 is 15.9 Å². The summed E-state index contributed by atoms with van der Waals surface area (Å²) >= 11 is 3.46. The number of aryl methyl sites for hydroxylation is 1. The first kappa shape index (κ1) is 11.9. The Kier molecular flexibility index (Phi) is 3.50. The SMILES string of the molecule is Cc1nc(NC2(C)CCOCC2)ccc1Br. The van der Waals surface area contributed by atoms with Crippen molar-refractivity contribution in [3.8, 4) is 0 Å². The number of anilines is 1. The van der Waals surface area contributed by atoms with Gasteiger partial charge in [-0.25, -0.2) is 4.98 Å².